The Bertz CT molecular complexity index is 734. The highest BCUT2D eigenvalue weighted by Gasteiger charge is 2.13. The number of benzene rings is 1. The van der Waals surface area contributed by atoms with E-state index in [0.29, 0.717) is 29.7 Å². The molecule has 0 bridgehead atoms. The van der Waals surface area contributed by atoms with E-state index in [1.54, 1.807) is 16.7 Å². The number of pyridine rings is 1. The smallest absolute Gasteiger partial charge is 0.335 e. The lowest BCUT2D eigenvalue weighted by atomic mass is 10.1. The summed E-state index contributed by atoms with van der Waals surface area (Å²) in [6.07, 6.45) is 0. The van der Waals surface area contributed by atoms with Gasteiger partial charge in [-0.2, -0.15) is 0 Å². The van der Waals surface area contributed by atoms with Crippen molar-refractivity contribution in [1.82, 2.24) is 9.47 Å². The molecule has 112 valence electrons. The molecule has 1 N–H and O–H groups in total. The van der Waals surface area contributed by atoms with Crippen LogP contribution in [-0.2, 0) is 6.54 Å². The summed E-state index contributed by atoms with van der Waals surface area (Å²) in [7, 11) is 5.32. The number of ether oxygens (including phenoxy) is 1. The molecule has 1 aromatic heterocycles. The van der Waals surface area contributed by atoms with Crippen molar-refractivity contribution >= 4 is 16.9 Å². The normalized spacial score (nSPS) is 11.0. The molecular weight excluding hydrogens is 272 g/mol. The lowest BCUT2D eigenvalue weighted by molar-refractivity contribution is 0.0696. The molecule has 0 fully saturated rings. The molecule has 6 heteroatoms. The molecule has 0 amide bonds. The average molecular weight is 290 g/mol. The highest BCUT2D eigenvalue weighted by Crippen LogP contribution is 2.26. The number of hydrogen-bond donors (Lipinski definition) is 1. The molecule has 6 nitrogen and oxygen atoms in total. The van der Waals surface area contributed by atoms with Crippen molar-refractivity contribution in [3.8, 4) is 5.75 Å². The Hall–Kier alpha value is -2.34. The first-order valence-corrected chi connectivity index (χ1v) is 6.53. The van der Waals surface area contributed by atoms with Crippen LogP contribution in [0, 0.1) is 0 Å². The summed E-state index contributed by atoms with van der Waals surface area (Å²) >= 11 is 0. The van der Waals surface area contributed by atoms with Gasteiger partial charge in [-0.1, -0.05) is 0 Å². The van der Waals surface area contributed by atoms with Gasteiger partial charge in [0.25, 0.3) is 5.56 Å². The summed E-state index contributed by atoms with van der Waals surface area (Å²) in [5.41, 5.74) is 0.625. The van der Waals surface area contributed by atoms with Gasteiger partial charge < -0.3 is 19.3 Å². The molecule has 0 aliphatic carbocycles. The van der Waals surface area contributed by atoms with Crippen LogP contribution in [0.4, 0.5) is 0 Å². The second kappa shape index (κ2) is 5.97. The van der Waals surface area contributed by atoms with Gasteiger partial charge in [0.1, 0.15) is 5.75 Å². The van der Waals surface area contributed by atoms with E-state index in [4.69, 9.17) is 9.84 Å². The first-order valence-electron chi connectivity index (χ1n) is 6.53. The Labute approximate surface area is 122 Å². The highest BCUT2D eigenvalue weighted by molar-refractivity contribution is 5.96. The van der Waals surface area contributed by atoms with Crippen LogP contribution in [0.1, 0.15) is 10.4 Å². The zero-order chi connectivity index (χ0) is 15.6. The average Bonchev–Trinajstić information content (AvgIpc) is 2.44. The summed E-state index contributed by atoms with van der Waals surface area (Å²) in [5.74, 6) is -0.636. The predicted octanol–water partition coefficient (Wildman–Crippen LogP) is 1.27. The number of likely N-dealkylation sites (N-methyl/N-ethyl adjacent to an activating group) is 1. The number of carbonyl (C=O) groups is 1. The van der Waals surface area contributed by atoms with Crippen molar-refractivity contribution in [1.29, 1.82) is 0 Å². The van der Waals surface area contributed by atoms with Crippen molar-refractivity contribution in [3.05, 3.63) is 40.2 Å². The van der Waals surface area contributed by atoms with Gasteiger partial charge in [-0.3, -0.25) is 4.79 Å². The van der Waals surface area contributed by atoms with Gasteiger partial charge in [0.05, 0.1) is 18.2 Å². The Morgan fingerprint density at radius 1 is 1.33 bits per heavy atom. The number of carboxylic acids is 1. The molecule has 2 rings (SSSR count). The van der Waals surface area contributed by atoms with Gasteiger partial charge in [0.15, 0.2) is 0 Å². The van der Waals surface area contributed by atoms with Gasteiger partial charge in [0, 0.05) is 24.5 Å². The van der Waals surface area contributed by atoms with Crippen LogP contribution in [-0.4, -0.2) is 48.3 Å². The van der Waals surface area contributed by atoms with E-state index in [-0.39, 0.29) is 11.1 Å². The molecule has 0 aliphatic rings. The fourth-order valence-electron chi connectivity index (χ4n) is 2.21. The monoisotopic (exact) mass is 290 g/mol. The summed E-state index contributed by atoms with van der Waals surface area (Å²) in [6.45, 7) is 1.20. The molecule has 0 saturated heterocycles. The van der Waals surface area contributed by atoms with Crippen LogP contribution in [0.3, 0.4) is 0 Å². The van der Waals surface area contributed by atoms with E-state index in [1.165, 1.54) is 19.2 Å². The third-order valence-corrected chi connectivity index (χ3v) is 3.28. The molecule has 0 saturated carbocycles. The Kier molecular flexibility index (Phi) is 4.28. The highest BCUT2D eigenvalue weighted by atomic mass is 16.5. The fourth-order valence-corrected chi connectivity index (χ4v) is 2.21. The molecular formula is C15H18N2O4. The topological polar surface area (TPSA) is 71.8 Å². The fraction of sp³-hybridized carbons (Fsp3) is 0.333. The van der Waals surface area contributed by atoms with Crippen LogP contribution >= 0.6 is 0 Å². The molecule has 2 aromatic rings. The number of aromatic nitrogens is 1. The minimum atomic E-state index is -1.03. The van der Waals surface area contributed by atoms with E-state index in [9.17, 15) is 9.59 Å². The summed E-state index contributed by atoms with van der Waals surface area (Å²) in [5, 5.41) is 9.80. The molecule has 0 unspecified atom stereocenters. The van der Waals surface area contributed by atoms with Crippen molar-refractivity contribution in [3.63, 3.8) is 0 Å². The van der Waals surface area contributed by atoms with E-state index >= 15 is 0 Å². The number of hydrogen-bond acceptors (Lipinski definition) is 4. The van der Waals surface area contributed by atoms with Crippen molar-refractivity contribution in [2.45, 2.75) is 6.54 Å². The molecule has 1 aromatic carbocycles. The number of nitrogens with zero attached hydrogens (tertiary/aromatic N) is 2. The largest absolute Gasteiger partial charge is 0.495 e. The zero-order valence-electron chi connectivity index (χ0n) is 12.3. The Balaban J connectivity index is 2.70. The third-order valence-electron chi connectivity index (χ3n) is 3.28. The molecule has 0 aliphatic heterocycles. The zero-order valence-corrected chi connectivity index (χ0v) is 12.3. The third kappa shape index (κ3) is 3.05. The van der Waals surface area contributed by atoms with E-state index in [0.717, 1.165) is 0 Å². The van der Waals surface area contributed by atoms with Crippen LogP contribution in [0.15, 0.2) is 29.1 Å². The van der Waals surface area contributed by atoms with Gasteiger partial charge in [-0.15, -0.1) is 0 Å². The van der Waals surface area contributed by atoms with E-state index < -0.39 is 5.97 Å². The Morgan fingerprint density at radius 3 is 2.62 bits per heavy atom. The molecule has 21 heavy (non-hydrogen) atoms. The van der Waals surface area contributed by atoms with Crippen molar-refractivity contribution in [2.24, 2.45) is 0 Å². The number of methoxy groups -OCH3 is 1. The molecule has 1 heterocycles. The van der Waals surface area contributed by atoms with Crippen molar-refractivity contribution < 1.29 is 14.6 Å². The van der Waals surface area contributed by atoms with Crippen LogP contribution in [0.5, 0.6) is 5.75 Å². The number of fused-ring (bicyclic) bond motifs is 1. The molecule has 0 atom stereocenters. The standard InChI is InChI=1S/C15H18N2O4/c1-16(2)6-7-17-13(18)5-4-10-8-11(15(19)20)9-12(21-3)14(10)17/h4-5,8-9H,6-7H2,1-3H3,(H,19,20). The second-order valence-electron chi connectivity index (χ2n) is 5.05. The maximum atomic E-state index is 12.1. The second-order valence-corrected chi connectivity index (χ2v) is 5.05. The summed E-state index contributed by atoms with van der Waals surface area (Å²) in [6, 6.07) is 6.06. The number of carboxylic acid groups (broad SMARTS) is 1. The van der Waals surface area contributed by atoms with Gasteiger partial charge in [-0.25, -0.2) is 4.79 Å². The Morgan fingerprint density at radius 2 is 2.05 bits per heavy atom. The molecule has 0 radical (unpaired) electrons. The first-order chi connectivity index (χ1) is 9.93. The summed E-state index contributed by atoms with van der Waals surface area (Å²) in [4.78, 5) is 25.2. The molecule has 0 spiro atoms. The number of rotatable bonds is 5. The van der Waals surface area contributed by atoms with Gasteiger partial charge in [-0.05, 0) is 32.3 Å². The minimum absolute atomic E-state index is 0.134. The lowest BCUT2D eigenvalue weighted by Gasteiger charge is -2.16. The van der Waals surface area contributed by atoms with Crippen LogP contribution in [0.2, 0.25) is 0 Å². The minimum Gasteiger partial charge on any atom is -0.495 e. The van der Waals surface area contributed by atoms with Crippen LogP contribution in [0.25, 0.3) is 10.9 Å². The maximum absolute atomic E-state index is 12.1. The van der Waals surface area contributed by atoms with Crippen molar-refractivity contribution in [2.75, 3.05) is 27.7 Å². The number of aromatic carboxylic acids is 1. The van der Waals surface area contributed by atoms with E-state index in [1.807, 2.05) is 19.0 Å². The van der Waals surface area contributed by atoms with E-state index in [2.05, 4.69) is 0 Å². The lowest BCUT2D eigenvalue weighted by Crippen LogP contribution is -2.26. The van der Waals surface area contributed by atoms with Gasteiger partial charge in [0.2, 0.25) is 0 Å². The summed E-state index contributed by atoms with van der Waals surface area (Å²) < 4.78 is 6.90. The quantitative estimate of drug-likeness (QED) is 0.898. The predicted molar refractivity (Wildman–Crippen MR) is 80.3 cm³/mol. The van der Waals surface area contributed by atoms with Gasteiger partial charge >= 0.3 is 5.97 Å². The van der Waals surface area contributed by atoms with Crippen LogP contribution < -0.4 is 10.3 Å². The first kappa shape index (κ1) is 15.1. The SMILES string of the molecule is COc1cc(C(=O)O)cc2ccc(=O)n(CCN(C)C)c12. The maximum Gasteiger partial charge on any atom is 0.335 e.